The number of halogens is 1. The van der Waals surface area contributed by atoms with Crippen molar-refractivity contribution < 1.29 is 18.3 Å². The number of aromatic amines is 1. The number of aromatic nitrogens is 4. The number of hydrogen-bond donors (Lipinski definition) is 1. The van der Waals surface area contributed by atoms with Crippen LogP contribution in [0, 0.1) is 11.8 Å². The number of H-pyrrole nitrogens is 1. The molecule has 0 saturated carbocycles. The van der Waals surface area contributed by atoms with Crippen LogP contribution in [-0.4, -0.2) is 72.4 Å². The highest BCUT2D eigenvalue weighted by molar-refractivity contribution is 7.80. The molecule has 0 spiro atoms. The van der Waals surface area contributed by atoms with Gasteiger partial charge in [0.25, 0.3) is 0 Å². The molecule has 1 N–H and O–H groups in total. The van der Waals surface area contributed by atoms with Crippen LogP contribution >= 0.6 is 11.6 Å². The first kappa shape index (κ1) is 31.2. The average Bonchev–Trinajstić information content (AvgIpc) is 3.61. The third-order valence-electron chi connectivity index (χ3n) is 7.89. The molecule has 2 aromatic heterocycles. The zero-order valence-electron chi connectivity index (χ0n) is 24.8. The number of likely N-dealkylation sites (tertiary alicyclic amines) is 1. The van der Waals surface area contributed by atoms with E-state index in [1.807, 2.05) is 61.1 Å². The van der Waals surface area contributed by atoms with Crippen molar-refractivity contribution in [2.45, 2.75) is 46.6 Å². The van der Waals surface area contributed by atoms with E-state index in [4.69, 9.17) is 16.3 Å². The number of ether oxygens (including phenoxy) is 1. The Morgan fingerprint density at radius 2 is 1.95 bits per heavy atom. The molecule has 43 heavy (non-hydrogen) atoms. The lowest BCUT2D eigenvalue weighted by Gasteiger charge is -2.34. The molecule has 4 aromatic rings. The molecule has 0 bridgehead atoms. The zero-order valence-corrected chi connectivity index (χ0v) is 26.4. The molecule has 0 aliphatic carbocycles. The van der Waals surface area contributed by atoms with Crippen molar-refractivity contribution >= 4 is 45.4 Å². The van der Waals surface area contributed by atoms with Gasteiger partial charge in [0, 0.05) is 58.1 Å². The van der Waals surface area contributed by atoms with E-state index in [2.05, 4.69) is 27.1 Å². The number of hydrogen-bond acceptors (Lipinski definition) is 7. The third kappa shape index (κ3) is 7.64. The second-order valence-electron chi connectivity index (χ2n) is 11.5. The van der Waals surface area contributed by atoms with E-state index in [9.17, 15) is 13.6 Å². The lowest BCUT2D eigenvalue weighted by atomic mass is 9.97. The number of carbonyl (C=O) groups excluding carboxylic acids is 1. The topological polar surface area (TPSA) is 119 Å². The number of benzene rings is 2. The Morgan fingerprint density at radius 1 is 1.21 bits per heavy atom. The molecule has 2 aromatic carbocycles. The standard InChI is InChI=1S/C31H39ClN6O4S/c1-4-22-5-8-25(9-6-22)38(43(40)41)16-15-36-13-11-23(12-14-36)18-37-19-28(34-35-37)29-26-17-24(32)7-10-27(26)33-30(29)31(39)42-20-21(2)3/h5-10,17,19,21,23,33H,4,11-16,18,20H2,1-3H3,(H,40,41)/p-1. The van der Waals surface area contributed by atoms with Crippen LogP contribution in [0.1, 0.15) is 49.7 Å². The van der Waals surface area contributed by atoms with E-state index in [0.717, 1.165) is 43.3 Å². The van der Waals surface area contributed by atoms with E-state index >= 15 is 0 Å². The SMILES string of the molecule is CCc1ccc(N(CCN2CCC(Cn3cc(-c4c(C(=O)OCC(C)C)[nH]c5ccc(Cl)cc45)nn3)CC2)S(=O)[O-])cc1. The van der Waals surface area contributed by atoms with Gasteiger partial charge in [-0.3, -0.25) is 8.89 Å². The summed E-state index contributed by atoms with van der Waals surface area (Å²) < 4.78 is 32.7. The number of nitrogens with one attached hydrogen (secondary N) is 1. The van der Waals surface area contributed by atoms with E-state index < -0.39 is 17.2 Å². The lowest BCUT2D eigenvalue weighted by Crippen LogP contribution is -2.41. The van der Waals surface area contributed by atoms with Gasteiger partial charge in [0.15, 0.2) is 0 Å². The normalized spacial score (nSPS) is 15.3. The molecule has 1 aliphatic rings. The van der Waals surface area contributed by atoms with Gasteiger partial charge in [-0.05, 0) is 80.1 Å². The van der Waals surface area contributed by atoms with Crippen LogP contribution in [0.15, 0.2) is 48.7 Å². The van der Waals surface area contributed by atoms with Gasteiger partial charge in [0.2, 0.25) is 0 Å². The fraction of sp³-hybridized carbons (Fsp3) is 0.452. The van der Waals surface area contributed by atoms with Gasteiger partial charge in [0.1, 0.15) is 11.4 Å². The summed E-state index contributed by atoms with van der Waals surface area (Å²) in [5.41, 5.74) is 4.20. The lowest BCUT2D eigenvalue weighted by molar-refractivity contribution is 0.0454. The van der Waals surface area contributed by atoms with Crippen molar-refractivity contribution in [1.29, 1.82) is 0 Å². The maximum atomic E-state index is 13.0. The molecule has 1 saturated heterocycles. The highest BCUT2D eigenvalue weighted by Gasteiger charge is 2.25. The van der Waals surface area contributed by atoms with Gasteiger partial charge in [-0.25, -0.2) is 4.79 Å². The summed E-state index contributed by atoms with van der Waals surface area (Å²) in [6, 6.07) is 13.1. The van der Waals surface area contributed by atoms with E-state index in [1.165, 1.54) is 9.87 Å². The number of esters is 1. The Hall–Kier alpha value is -3.25. The number of nitrogens with zero attached hydrogens (tertiary/aromatic N) is 5. The summed E-state index contributed by atoms with van der Waals surface area (Å²) in [5, 5.41) is 10.2. The maximum Gasteiger partial charge on any atom is 0.355 e. The van der Waals surface area contributed by atoms with Crippen molar-refractivity contribution in [3.63, 3.8) is 0 Å². The summed E-state index contributed by atoms with van der Waals surface area (Å²) in [5.74, 6) is 0.186. The number of carbonyl (C=O) groups is 1. The molecule has 1 fully saturated rings. The monoisotopic (exact) mass is 625 g/mol. The first-order chi connectivity index (χ1) is 20.7. The highest BCUT2D eigenvalue weighted by Crippen LogP contribution is 2.34. The molecular weight excluding hydrogens is 588 g/mol. The van der Waals surface area contributed by atoms with Crippen LogP contribution in [0.5, 0.6) is 0 Å². The van der Waals surface area contributed by atoms with Crippen molar-refractivity contribution in [3.8, 4) is 11.3 Å². The summed E-state index contributed by atoms with van der Waals surface area (Å²) in [7, 11) is 0. The molecule has 10 nitrogen and oxygen atoms in total. The maximum absolute atomic E-state index is 13.0. The highest BCUT2D eigenvalue weighted by atomic mass is 35.5. The molecular formula is C31H38ClN6O4S-. The molecule has 5 rings (SSSR count). The van der Waals surface area contributed by atoms with Crippen LogP contribution in [0.2, 0.25) is 5.02 Å². The Bertz CT molecular complexity index is 1560. The molecule has 1 aliphatic heterocycles. The fourth-order valence-corrected chi connectivity index (χ4v) is 6.17. The fourth-order valence-electron chi connectivity index (χ4n) is 5.48. The predicted molar refractivity (Wildman–Crippen MR) is 169 cm³/mol. The number of aryl methyl sites for hydroxylation is 1. The molecule has 0 amide bonds. The van der Waals surface area contributed by atoms with E-state index in [1.54, 1.807) is 6.07 Å². The summed E-state index contributed by atoms with van der Waals surface area (Å²) in [4.78, 5) is 18.5. The Kier molecular flexibility index (Phi) is 10.2. The smallest absolute Gasteiger partial charge is 0.355 e. The second-order valence-corrected chi connectivity index (χ2v) is 12.8. The van der Waals surface area contributed by atoms with Gasteiger partial charge >= 0.3 is 5.97 Å². The molecule has 230 valence electrons. The second kappa shape index (κ2) is 14.0. The Morgan fingerprint density at radius 3 is 2.63 bits per heavy atom. The number of anilines is 1. The molecule has 12 heteroatoms. The molecule has 1 atom stereocenters. The summed E-state index contributed by atoms with van der Waals surface area (Å²) in [6.07, 6.45) is 4.73. The van der Waals surface area contributed by atoms with Gasteiger partial charge in [-0.2, -0.15) is 0 Å². The Balaban J connectivity index is 1.21. The van der Waals surface area contributed by atoms with Crippen LogP contribution in [0.3, 0.4) is 0 Å². The largest absolute Gasteiger partial charge is 0.755 e. The average molecular weight is 626 g/mol. The van der Waals surface area contributed by atoms with Crippen LogP contribution in [0.25, 0.3) is 22.2 Å². The van der Waals surface area contributed by atoms with Crippen LogP contribution in [-0.2, 0) is 29.0 Å². The zero-order chi connectivity index (χ0) is 30.5. The number of rotatable bonds is 12. The summed E-state index contributed by atoms with van der Waals surface area (Å²) >= 11 is 3.97. The predicted octanol–water partition coefficient (Wildman–Crippen LogP) is 5.47. The minimum absolute atomic E-state index is 0.214. The van der Waals surface area contributed by atoms with Gasteiger partial charge in [-0.1, -0.05) is 49.7 Å². The number of fused-ring (bicyclic) bond motifs is 1. The Labute approximate surface area is 259 Å². The van der Waals surface area contributed by atoms with Crippen molar-refractivity contribution in [2.24, 2.45) is 11.8 Å². The number of piperidine rings is 1. The minimum Gasteiger partial charge on any atom is -0.755 e. The molecule has 0 radical (unpaired) electrons. The van der Waals surface area contributed by atoms with Gasteiger partial charge in [0.05, 0.1) is 12.8 Å². The van der Waals surface area contributed by atoms with Gasteiger partial charge in [-0.15, -0.1) is 5.10 Å². The quantitative estimate of drug-likeness (QED) is 0.164. The molecule has 1 unspecified atom stereocenters. The van der Waals surface area contributed by atoms with Crippen molar-refractivity contribution in [1.82, 2.24) is 24.9 Å². The van der Waals surface area contributed by atoms with E-state index in [-0.39, 0.29) is 5.92 Å². The first-order valence-corrected chi connectivity index (χ1v) is 16.2. The minimum atomic E-state index is -2.33. The van der Waals surface area contributed by atoms with Crippen LogP contribution in [0.4, 0.5) is 5.69 Å². The third-order valence-corrected chi connectivity index (χ3v) is 8.88. The first-order valence-electron chi connectivity index (χ1n) is 14.8. The summed E-state index contributed by atoms with van der Waals surface area (Å²) in [6.45, 7) is 9.93. The van der Waals surface area contributed by atoms with E-state index in [0.29, 0.717) is 59.8 Å². The van der Waals surface area contributed by atoms with Crippen molar-refractivity contribution in [2.75, 3.05) is 37.1 Å². The van der Waals surface area contributed by atoms with Crippen molar-refractivity contribution in [3.05, 3.63) is 64.9 Å². The molecule has 3 heterocycles. The van der Waals surface area contributed by atoms with Gasteiger partial charge < -0.3 is 23.5 Å². The van der Waals surface area contributed by atoms with Crippen LogP contribution < -0.4 is 4.31 Å².